The lowest BCUT2D eigenvalue weighted by atomic mass is 10.0. The first kappa shape index (κ1) is 25.3. The standard InChI is InChI=1S/C29H31N7O2S/c1-35-15-11-20(12-16-35)31-28(37)22-9-8-21(18-25(22)38-2)32-29-33-23-13-17-39-26(23)27(34-29)36-24(10-14-30-36)19-6-4-3-5-7-19/h3-9,13-14,17-18,20,24H,10-12,15-16H2,1-2H3,(H,31,37)(H,32,33,34). The second-order valence-electron chi connectivity index (χ2n) is 9.90. The number of thiophene rings is 1. The van der Waals surface area contributed by atoms with E-state index in [-0.39, 0.29) is 18.0 Å². The maximum atomic E-state index is 13.0. The number of benzene rings is 2. The minimum Gasteiger partial charge on any atom is -0.496 e. The summed E-state index contributed by atoms with van der Waals surface area (Å²) in [4.78, 5) is 25.0. The predicted octanol–water partition coefficient (Wildman–Crippen LogP) is 5.20. The normalized spacial score (nSPS) is 18.0. The molecule has 2 aliphatic rings. The van der Waals surface area contributed by atoms with Crippen molar-refractivity contribution in [3.05, 3.63) is 71.1 Å². The van der Waals surface area contributed by atoms with E-state index in [1.54, 1.807) is 24.5 Å². The number of likely N-dealkylation sites (tertiary alicyclic amines) is 1. The number of aromatic nitrogens is 2. The zero-order valence-corrected chi connectivity index (χ0v) is 22.8. The molecule has 0 bridgehead atoms. The number of hydrogen-bond donors (Lipinski definition) is 2. The van der Waals surface area contributed by atoms with Crippen LogP contribution in [0.4, 0.5) is 17.5 Å². The van der Waals surface area contributed by atoms with Gasteiger partial charge in [-0.25, -0.2) is 9.99 Å². The smallest absolute Gasteiger partial charge is 0.255 e. The highest BCUT2D eigenvalue weighted by molar-refractivity contribution is 7.17. The lowest BCUT2D eigenvalue weighted by Crippen LogP contribution is -2.43. The number of carbonyl (C=O) groups excluding carboxylic acids is 1. The van der Waals surface area contributed by atoms with E-state index >= 15 is 0 Å². The van der Waals surface area contributed by atoms with Crippen molar-refractivity contribution in [1.82, 2.24) is 20.2 Å². The Bertz CT molecular complexity index is 1500. The van der Waals surface area contributed by atoms with Crippen LogP contribution in [0.1, 0.15) is 41.2 Å². The maximum Gasteiger partial charge on any atom is 0.255 e. The zero-order chi connectivity index (χ0) is 26.8. The molecule has 1 amide bonds. The van der Waals surface area contributed by atoms with Crippen molar-refractivity contribution in [2.24, 2.45) is 5.10 Å². The largest absolute Gasteiger partial charge is 0.496 e. The van der Waals surface area contributed by atoms with Crippen molar-refractivity contribution in [2.45, 2.75) is 31.3 Å². The zero-order valence-electron chi connectivity index (χ0n) is 22.0. The van der Waals surface area contributed by atoms with Gasteiger partial charge in [0.25, 0.3) is 5.91 Å². The first-order valence-electron chi connectivity index (χ1n) is 13.2. The van der Waals surface area contributed by atoms with Gasteiger partial charge in [-0.1, -0.05) is 30.3 Å². The molecule has 39 heavy (non-hydrogen) atoms. The summed E-state index contributed by atoms with van der Waals surface area (Å²) in [7, 11) is 3.68. The minimum absolute atomic E-state index is 0.0710. The summed E-state index contributed by atoms with van der Waals surface area (Å²) in [6.07, 6.45) is 4.64. The number of anilines is 3. The molecular weight excluding hydrogens is 510 g/mol. The molecule has 0 saturated carbocycles. The van der Waals surface area contributed by atoms with Crippen molar-refractivity contribution < 1.29 is 9.53 Å². The Morgan fingerprint density at radius 2 is 1.90 bits per heavy atom. The Morgan fingerprint density at radius 1 is 1.08 bits per heavy atom. The fourth-order valence-electron chi connectivity index (χ4n) is 5.13. The van der Waals surface area contributed by atoms with E-state index in [1.807, 2.05) is 53.0 Å². The molecule has 9 nitrogen and oxygen atoms in total. The summed E-state index contributed by atoms with van der Waals surface area (Å²) < 4.78 is 6.59. The number of fused-ring (bicyclic) bond motifs is 1. The first-order valence-corrected chi connectivity index (χ1v) is 14.0. The van der Waals surface area contributed by atoms with Gasteiger partial charge in [0.2, 0.25) is 5.95 Å². The third-order valence-corrected chi connectivity index (χ3v) is 8.17. The Kier molecular flexibility index (Phi) is 7.12. The Labute approximate surface area is 231 Å². The molecule has 2 aromatic heterocycles. The van der Waals surface area contributed by atoms with Crippen molar-refractivity contribution >= 4 is 51.1 Å². The van der Waals surface area contributed by atoms with Gasteiger partial charge in [-0.05, 0) is 62.1 Å². The highest BCUT2D eigenvalue weighted by Gasteiger charge is 2.28. The molecule has 200 valence electrons. The molecule has 0 spiro atoms. The second kappa shape index (κ2) is 11.0. The van der Waals surface area contributed by atoms with Crippen LogP contribution in [0.2, 0.25) is 0 Å². The van der Waals surface area contributed by atoms with Crippen LogP contribution in [-0.4, -0.2) is 60.3 Å². The SMILES string of the molecule is COc1cc(Nc2nc(N3N=CCC3c3ccccc3)c3sccc3n2)ccc1C(=O)NC1CCN(C)CC1. The molecule has 10 heteroatoms. The number of piperidine rings is 1. The molecular formula is C29H31N7O2S. The van der Waals surface area contributed by atoms with Crippen LogP contribution in [0, 0.1) is 0 Å². The molecule has 1 atom stereocenters. The van der Waals surface area contributed by atoms with Crippen LogP contribution in [-0.2, 0) is 0 Å². The fraction of sp³-hybridized carbons (Fsp3) is 0.310. The number of carbonyl (C=O) groups is 1. The van der Waals surface area contributed by atoms with Gasteiger partial charge in [-0.2, -0.15) is 10.1 Å². The Hall–Kier alpha value is -4.02. The van der Waals surface area contributed by atoms with E-state index in [2.05, 4.69) is 39.8 Å². The van der Waals surface area contributed by atoms with Crippen LogP contribution >= 0.6 is 11.3 Å². The first-order chi connectivity index (χ1) is 19.1. The van der Waals surface area contributed by atoms with E-state index in [0.717, 1.165) is 54.1 Å². The summed E-state index contributed by atoms with van der Waals surface area (Å²) >= 11 is 1.60. The number of rotatable bonds is 7. The third kappa shape index (κ3) is 5.30. The Balaban J connectivity index is 1.25. The third-order valence-electron chi connectivity index (χ3n) is 7.27. The van der Waals surface area contributed by atoms with Gasteiger partial charge in [-0.15, -0.1) is 11.3 Å². The minimum atomic E-state index is -0.120. The summed E-state index contributed by atoms with van der Waals surface area (Å²) in [6.45, 7) is 1.96. The lowest BCUT2D eigenvalue weighted by Gasteiger charge is -2.29. The van der Waals surface area contributed by atoms with E-state index < -0.39 is 0 Å². The molecule has 2 N–H and O–H groups in total. The molecule has 0 aliphatic carbocycles. The topological polar surface area (TPSA) is 95.0 Å². The number of ether oxygens (including phenoxy) is 1. The Morgan fingerprint density at radius 3 is 2.69 bits per heavy atom. The molecule has 1 saturated heterocycles. The van der Waals surface area contributed by atoms with Crippen molar-refractivity contribution in [3.63, 3.8) is 0 Å². The molecule has 1 fully saturated rings. The van der Waals surface area contributed by atoms with Crippen molar-refractivity contribution in [2.75, 3.05) is 37.6 Å². The number of nitrogens with zero attached hydrogens (tertiary/aromatic N) is 5. The van der Waals surface area contributed by atoms with Crippen LogP contribution in [0.25, 0.3) is 10.2 Å². The van der Waals surface area contributed by atoms with E-state index in [1.165, 1.54) is 5.56 Å². The van der Waals surface area contributed by atoms with Gasteiger partial charge in [0, 0.05) is 30.4 Å². The number of amides is 1. The number of nitrogens with one attached hydrogen (secondary N) is 2. The quantitative estimate of drug-likeness (QED) is 0.332. The molecule has 1 unspecified atom stereocenters. The van der Waals surface area contributed by atoms with Gasteiger partial charge in [0.1, 0.15) is 5.75 Å². The highest BCUT2D eigenvalue weighted by Crippen LogP contribution is 2.38. The average Bonchev–Trinajstić information content (AvgIpc) is 3.64. The number of hydrogen-bond acceptors (Lipinski definition) is 9. The lowest BCUT2D eigenvalue weighted by molar-refractivity contribution is 0.0914. The van der Waals surface area contributed by atoms with Gasteiger partial charge < -0.3 is 20.3 Å². The molecule has 0 radical (unpaired) electrons. The van der Waals surface area contributed by atoms with E-state index in [9.17, 15) is 4.79 Å². The van der Waals surface area contributed by atoms with Gasteiger partial charge in [0.15, 0.2) is 5.82 Å². The molecule has 2 aromatic carbocycles. The predicted molar refractivity (Wildman–Crippen MR) is 156 cm³/mol. The molecule has 4 aromatic rings. The van der Waals surface area contributed by atoms with Gasteiger partial charge in [-0.3, -0.25) is 4.79 Å². The fourth-order valence-corrected chi connectivity index (χ4v) is 5.94. The maximum absolute atomic E-state index is 13.0. The number of hydrazone groups is 1. The van der Waals surface area contributed by atoms with E-state index in [4.69, 9.17) is 14.7 Å². The summed E-state index contributed by atoms with van der Waals surface area (Å²) in [5.41, 5.74) is 3.27. The summed E-state index contributed by atoms with van der Waals surface area (Å²) in [6, 6.07) is 18.0. The second-order valence-corrected chi connectivity index (χ2v) is 10.8. The molecule has 6 rings (SSSR count). The van der Waals surface area contributed by atoms with Crippen LogP contribution < -0.4 is 20.4 Å². The molecule has 4 heterocycles. The van der Waals surface area contributed by atoms with Gasteiger partial charge >= 0.3 is 0 Å². The average molecular weight is 542 g/mol. The van der Waals surface area contributed by atoms with E-state index in [0.29, 0.717) is 17.3 Å². The highest BCUT2D eigenvalue weighted by atomic mass is 32.1. The molecule has 2 aliphatic heterocycles. The van der Waals surface area contributed by atoms with Crippen LogP contribution in [0.15, 0.2) is 65.1 Å². The van der Waals surface area contributed by atoms with Gasteiger partial charge in [0.05, 0.1) is 28.9 Å². The van der Waals surface area contributed by atoms with Crippen LogP contribution in [0.3, 0.4) is 0 Å². The van der Waals surface area contributed by atoms with Crippen LogP contribution in [0.5, 0.6) is 5.75 Å². The van der Waals surface area contributed by atoms with Crippen molar-refractivity contribution in [3.8, 4) is 5.75 Å². The number of methoxy groups -OCH3 is 1. The summed E-state index contributed by atoms with van der Waals surface area (Å²) in [5, 5.41) is 15.2. The monoisotopic (exact) mass is 541 g/mol. The summed E-state index contributed by atoms with van der Waals surface area (Å²) in [5.74, 6) is 1.59. The van der Waals surface area contributed by atoms with Crippen molar-refractivity contribution in [1.29, 1.82) is 0 Å².